The highest BCUT2D eigenvalue weighted by Gasteiger charge is 2.27. The third-order valence-electron chi connectivity index (χ3n) is 4.03. The van der Waals surface area contributed by atoms with Gasteiger partial charge in [0.05, 0.1) is 5.92 Å². The smallest absolute Gasteiger partial charge is 0.306 e. The molecule has 1 saturated heterocycles. The summed E-state index contributed by atoms with van der Waals surface area (Å²) in [5.41, 5.74) is 1.09. The van der Waals surface area contributed by atoms with Gasteiger partial charge in [-0.1, -0.05) is 19.9 Å². The summed E-state index contributed by atoms with van der Waals surface area (Å²) >= 11 is 0. The van der Waals surface area contributed by atoms with Crippen LogP contribution in [0.3, 0.4) is 0 Å². The molecule has 0 aliphatic carbocycles. The molecule has 0 aromatic heterocycles. The lowest BCUT2D eigenvalue weighted by atomic mass is 9.96. The number of amides is 2. The molecular formula is C17H22N2O4. The molecule has 0 spiro atoms. The van der Waals surface area contributed by atoms with Gasteiger partial charge >= 0.3 is 5.97 Å². The number of benzene rings is 1. The number of hydrogen-bond acceptors (Lipinski definition) is 3. The summed E-state index contributed by atoms with van der Waals surface area (Å²) in [6.45, 7) is 4.49. The van der Waals surface area contributed by atoms with Crippen LogP contribution in [-0.2, 0) is 9.59 Å². The molecule has 1 aromatic carbocycles. The fourth-order valence-electron chi connectivity index (χ4n) is 2.53. The number of hydrogen-bond donors (Lipinski definition) is 2. The summed E-state index contributed by atoms with van der Waals surface area (Å²) in [7, 11) is 0. The number of carbonyl (C=O) groups is 3. The number of nitrogens with one attached hydrogen (secondary N) is 1. The number of anilines is 1. The molecule has 0 unspecified atom stereocenters. The van der Waals surface area contributed by atoms with Crippen LogP contribution in [-0.4, -0.2) is 40.9 Å². The van der Waals surface area contributed by atoms with Crippen LogP contribution in [0.15, 0.2) is 24.3 Å². The van der Waals surface area contributed by atoms with Crippen LogP contribution in [0.25, 0.3) is 0 Å². The third-order valence-corrected chi connectivity index (χ3v) is 4.03. The number of nitrogens with zero attached hydrogens (tertiary/aromatic N) is 1. The van der Waals surface area contributed by atoms with Gasteiger partial charge in [0.15, 0.2) is 0 Å². The highest BCUT2D eigenvalue weighted by Crippen LogP contribution is 2.20. The summed E-state index contributed by atoms with van der Waals surface area (Å²) in [4.78, 5) is 36.9. The van der Waals surface area contributed by atoms with E-state index in [2.05, 4.69) is 5.32 Å². The molecule has 2 rings (SSSR count). The monoisotopic (exact) mass is 318 g/mol. The maximum Gasteiger partial charge on any atom is 0.306 e. The molecule has 6 nitrogen and oxygen atoms in total. The zero-order valence-electron chi connectivity index (χ0n) is 13.4. The molecule has 1 aromatic rings. The molecule has 23 heavy (non-hydrogen) atoms. The van der Waals surface area contributed by atoms with Gasteiger partial charge in [0.25, 0.3) is 5.91 Å². The van der Waals surface area contributed by atoms with Crippen molar-refractivity contribution in [2.45, 2.75) is 26.7 Å². The van der Waals surface area contributed by atoms with Crippen LogP contribution in [0.5, 0.6) is 0 Å². The van der Waals surface area contributed by atoms with E-state index in [4.69, 9.17) is 5.11 Å². The highest BCUT2D eigenvalue weighted by molar-refractivity contribution is 5.97. The van der Waals surface area contributed by atoms with Gasteiger partial charge in [-0.3, -0.25) is 14.4 Å². The molecule has 1 aliphatic rings. The number of carbonyl (C=O) groups excluding carboxylic acids is 2. The largest absolute Gasteiger partial charge is 0.481 e. The van der Waals surface area contributed by atoms with Crippen molar-refractivity contribution >= 4 is 23.5 Å². The molecule has 0 atom stereocenters. The first-order chi connectivity index (χ1) is 10.9. The number of carboxylic acids is 1. The van der Waals surface area contributed by atoms with Gasteiger partial charge in [-0.25, -0.2) is 0 Å². The van der Waals surface area contributed by atoms with Crippen LogP contribution in [0.1, 0.15) is 37.0 Å². The molecule has 0 bridgehead atoms. The quantitative estimate of drug-likeness (QED) is 0.891. The Bertz CT molecular complexity index is 604. The number of likely N-dealkylation sites (tertiary alicyclic amines) is 1. The summed E-state index contributed by atoms with van der Waals surface area (Å²) in [5.74, 6) is -1.53. The van der Waals surface area contributed by atoms with E-state index >= 15 is 0 Å². The Morgan fingerprint density at radius 1 is 1.22 bits per heavy atom. The Kier molecular flexibility index (Phi) is 5.36. The maximum atomic E-state index is 12.5. The minimum atomic E-state index is -0.796. The van der Waals surface area contributed by atoms with Crippen LogP contribution in [0.2, 0.25) is 0 Å². The van der Waals surface area contributed by atoms with Crippen LogP contribution in [0.4, 0.5) is 5.69 Å². The second-order valence-electron chi connectivity index (χ2n) is 6.13. The minimum Gasteiger partial charge on any atom is -0.481 e. The molecule has 1 heterocycles. The van der Waals surface area contributed by atoms with E-state index in [1.807, 2.05) is 0 Å². The predicted octanol–water partition coefficient (Wildman–Crippen LogP) is 2.22. The Morgan fingerprint density at radius 3 is 2.43 bits per heavy atom. The molecule has 0 radical (unpaired) electrons. The van der Waals surface area contributed by atoms with Crippen molar-refractivity contribution < 1.29 is 19.5 Å². The molecule has 6 heteroatoms. The van der Waals surface area contributed by atoms with Gasteiger partial charge in [0.2, 0.25) is 5.91 Å². The van der Waals surface area contributed by atoms with E-state index in [1.54, 1.807) is 43.0 Å². The van der Waals surface area contributed by atoms with Gasteiger partial charge < -0.3 is 15.3 Å². The van der Waals surface area contributed by atoms with Crippen LogP contribution >= 0.6 is 0 Å². The van der Waals surface area contributed by atoms with Crippen molar-refractivity contribution in [1.29, 1.82) is 0 Å². The number of aliphatic carboxylic acids is 1. The van der Waals surface area contributed by atoms with Crippen molar-refractivity contribution in [3.63, 3.8) is 0 Å². The van der Waals surface area contributed by atoms with E-state index in [9.17, 15) is 14.4 Å². The van der Waals surface area contributed by atoms with E-state index in [-0.39, 0.29) is 23.7 Å². The normalized spacial score (nSPS) is 15.5. The molecule has 1 fully saturated rings. The van der Waals surface area contributed by atoms with Crippen molar-refractivity contribution in [2.24, 2.45) is 11.8 Å². The Morgan fingerprint density at radius 2 is 1.87 bits per heavy atom. The van der Waals surface area contributed by atoms with Crippen molar-refractivity contribution in [3.8, 4) is 0 Å². The van der Waals surface area contributed by atoms with Gasteiger partial charge in [-0.2, -0.15) is 0 Å². The fourth-order valence-corrected chi connectivity index (χ4v) is 2.53. The van der Waals surface area contributed by atoms with Crippen molar-refractivity contribution in [2.75, 3.05) is 18.4 Å². The summed E-state index contributed by atoms with van der Waals surface area (Å²) in [5, 5.41) is 11.8. The first-order valence-electron chi connectivity index (χ1n) is 7.81. The summed E-state index contributed by atoms with van der Waals surface area (Å²) < 4.78 is 0. The Balaban J connectivity index is 2.03. The maximum absolute atomic E-state index is 12.5. The second-order valence-corrected chi connectivity index (χ2v) is 6.13. The summed E-state index contributed by atoms with van der Waals surface area (Å²) in [6, 6.07) is 6.84. The second kappa shape index (κ2) is 7.26. The lowest BCUT2D eigenvalue weighted by Gasteiger charge is -2.30. The highest BCUT2D eigenvalue weighted by atomic mass is 16.4. The first kappa shape index (κ1) is 17.0. The van der Waals surface area contributed by atoms with Gasteiger partial charge in [0.1, 0.15) is 0 Å². The molecule has 1 aliphatic heterocycles. The average Bonchev–Trinajstić information content (AvgIpc) is 2.54. The Labute approximate surface area is 135 Å². The van der Waals surface area contributed by atoms with E-state index in [0.717, 1.165) is 0 Å². The average molecular weight is 318 g/mol. The fraction of sp³-hybridized carbons (Fsp3) is 0.471. The van der Waals surface area contributed by atoms with Gasteiger partial charge in [-0.15, -0.1) is 0 Å². The van der Waals surface area contributed by atoms with E-state index in [0.29, 0.717) is 37.2 Å². The first-order valence-corrected chi connectivity index (χ1v) is 7.81. The molecular weight excluding hydrogens is 296 g/mol. The van der Waals surface area contributed by atoms with Gasteiger partial charge in [0, 0.05) is 30.3 Å². The number of piperidine rings is 1. The van der Waals surface area contributed by atoms with Crippen LogP contribution in [0, 0.1) is 11.8 Å². The zero-order valence-corrected chi connectivity index (χ0v) is 13.4. The topological polar surface area (TPSA) is 86.7 Å². The third kappa shape index (κ3) is 4.31. The molecule has 2 N–H and O–H groups in total. The zero-order chi connectivity index (χ0) is 17.0. The van der Waals surface area contributed by atoms with E-state index in [1.165, 1.54) is 0 Å². The lowest BCUT2D eigenvalue weighted by molar-refractivity contribution is -0.143. The minimum absolute atomic E-state index is 0.100. The number of carboxylic acid groups (broad SMARTS) is 1. The van der Waals surface area contributed by atoms with Crippen molar-refractivity contribution in [3.05, 3.63) is 29.8 Å². The standard InChI is InChI=1S/C17H22N2O4/c1-11(2)15(20)18-14-5-3-4-13(10-14)16(21)19-8-6-12(7-9-19)17(22)23/h3-5,10-12H,6-9H2,1-2H3,(H,18,20)(H,22,23). The number of rotatable bonds is 4. The van der Waals surface area contributed by atoms with E-state index < -0.39 is 5.97 Å². The SMILES string of the molecule is CC(C)C(=O)Nc1cccc(C(=O)N2CCC(C(=O)O)CC2)c1. The predicted molar refractivity (Wildman–Crippen MR) is 86.2 cm³/mol. The summed E-state index contributed by atoms with van der Waals surface area (Å²) in [6.07, 6.45) is 0.954. The van der Waals surface area contributed by atoms with Crippen LogP contribution < -0.4 is 5.32 Å². The van der Waals surface area contributed by atoms with Gasteiger partial charge in [-0.05, 0) is 31.0 Å². The molecule has 124 valence electrons. The van der Waals surface area contributed by atoms with Crippen molar-refractivity contribution in [1.82, 2.24) is 4.90 Å². The molecule has 0 saturated carbocycles. The molecule has 2 amide bonds. The Hall–Kier alpha value is -2.37. The lowest BCUT2D eigenvalue weighted by Crippen LogP contribution is -2.40.